The minimum absolute atomic E-state index is 0.928. The molecule has 8 rings (SSSR count). The highest BCUT2D eigenvalue weighted by Crippen LogP contribution is 2.41. The average Bonchev–Trinajstić information content (AvgIpc) is 3.01. The van der Waals surface area contributed by atoms with Gasteiger partial charge in [-0.25, -0.2) is 4.58 Å². The quantitative estimate of drug-likeness (QED) is 0.138. The Bertz CT molecular complexity index is 1760. The lowest BCUT2D eigenvalue weighted by atomic mass is 9.99. The highest BCUT2D eigenvalue weighted by atomic mass is 16.3. The van der Waals surface area contributed by atoms with E-state index in [1.165, 1.54) is 90.7 Å². The minimum Gasteiger partial charge on any atom is -0.456 e. The Morgan fingerprint density at radius 2 is 1.03 bits per heavy atom. The fraction of sp³-hybridized carbons (Fsp3) is 0.441. The SMILES string of the molecule is c1cc2c(cc1N1CCCCC1)oc1cc(N3CCCCC3)cc3oc4cc(=[N+]5CCCCC5)ccc4c2c13. The maximum atomic E-state index is 6.76. The van der Waals surface area contributed by atoms with Gasteiger partial charge in [-0.15, -0.1) is 0 Å². The smallest absolute Gasteiger partial charge is 0.203 e. The van der Waals surface area contributed by atoms with E-state index >= 15 is 0 Å². The molecule has 0 amide bonds. The molecular weight excluding hydrogens is 482 g/mol. The van der Waals surface area contributed by atoms with E-state index in [0.29, 0.717) is 0 Å². The zero-order chi connectivity index (χ0) is 25.8. The second-order valence-corrected chi connectivity index (χ2v) is 11.9. The molecule has 0 atom stereocenters. The summed E-state index contributed by atoms with van der Waals surface area (Å²) >= 11 is 0. The van der Waals surface area contributed by atoms with Crippen LogP contribution in [0, 0.1) is 0 Å². The molecule has 0 aliphatic carbocycles. The van der Waals surface area contributed by atoms with Gasteiger partial charge in [0.05, 0.1) is 11.5 Å². The lowest BCUT2D eigenvalue weighted by molar-refractivity contribution is 0.451. The second-order valence-electron chi connectivity index (χ2n) is 11.9. The van der Waals surface area contributed by atoms with E-state index in [4.69, 9.17) is 8.83 Å². The molecule has 5 heteroatoms. The lowest BCUT2D eigenvalue weighted by Crippen LogP contribution is -2.34. The molecule has 2 aromatic heterocycles. The van der Waals surface area contributed by atoms with Crippen molar-refractivity contribution in [2.24, 2.45) is 0 Å². The molecule has 0 unspecified atom stereocenters. The number of anilines is 2. The maximum absolute atomic E-state index is 6.76. The highest BCUT2D eigenvalue weighted by molar-refractivity contribution is 6.25. The average molecular weight is 521 g/mol. The van der Waals surface area contributed by atoms with Crippen molar-refractivity contribution in [3.8, 4) is 0 Å². The summed E-state index contributed by atoms with van der Waals surface area (Å²) in [6.07, 6.45) is 11.6. The fourth-order valence-corrected chi connectivity index (χ4v) is 7.27. The molecule has 5 heterocycles. The standard InChI is InChI=1S/C34H38N3O2/c1-4-14-35(15-5-1)24-10-12-27-29(20-24)38-31-22-26(37-18-8-3-9-19-37)23-32-34(31)33(27)28-13-11-25(21-30(28)39-32)36-16-6-2-7-17-36/h10-13,20-23H,1-9,14-19H2/q+1. The summed E-state index contributed by atoms with van der Waals surface area (Å²) in [6, 6.07) is 18.2. The van der Waals surface area contributed by atoms with Crippen molar-refractivity contribution in [1.29, 1.82) is 0 Å². The molecule has 3 aliphatic heterocycles. The normalized spacial score (nSPS) is 19.1. The first-order valence-corrected chi connectivity index (χ1v) is 15.3. The van der Waals surface area contributed by atoms with E-state index in [-0.39, 0.29) is 0 Å². The summed E-state index contributed by atoms with van der Waals surface area (Å²) in [4.78, 5) is 5.03. The van der Waals surface area contributed by atoms with Crippen molar-refractivity contribution < 1.29 is 8.83 Å². The van der Waals surface area contributed by atoms with Gasteiger partial charge in [0.2, 0.25) is 5.36 Å². The highest BCUT2D eigenvalue weighted by Gasteiger charge is 2.21. The van der Waals surface area contributed by atoms with Gasteiger partial charge in [-0.2, -0.15) is 0 Å². The van der Waals surface area contributed by atoms with E-state index < -0.39 is 0 Å². The summed E-state index contributed by atoms with van der Waals surface area (Å²) in [5.74, 6) is 0. The van der Waals surface area contributed by atoms with Crippen LogP contribution in [0.5, 0.6) is 0 Å². The summed E-state index contributed by atoms with van der Waals surface area (Å²) in [6.45, 7) is 6.72. The first-order valence-electron chi connectivity index (χ1n) is 15.3. The van der Waals surface area contributed by atoms with Crippen LogP contribution in [0.2, 0.25) is 0 Å². The summed E-state index contributed by atoms with van der Waals surface area (Å²) in [7, 11) is 0. The van der Waals surface area contributed by atoms with Crippen LogP contribution in [0.1, 0.15) is 57.8 Å². The van der Waals surface area contributed by atoms with Crippen LogP contribution in [0.25, 0.3) is 43.9 Å². The number of rotatable bonds is 2. The number of benzene rings is 3. The molecule has 3 saturated heterocycles. The molecule has 0 N–H and O–H groups in total. The van der Waals surface area contributed by atoms with Crippen molar-refractivity contribution in [1.82, 2.24) is 4.58 Å². The minimum atomic E-state index is 0.928. The summed E-state index contributed by atoms with van der Waals surface area (Å²) < 4.78 is 16.0. The van der Waals surface area contributed by atoms with Crippen LogP contribution in [-0.2, 0) is 0 Å². The summed E-state index contributed by atoms with van der Waals surface area (Å²) in [5.41, 5.74) is 6.28. The van der Waals surface area contributed by atoms with Gasteiger partial charge in [0, 0.05) is 90.8 Å². The van der Waals surface area contributed by atoms with Crippen molar-refractivity contribution >= 4 is 55.3 Å². The van der Waals surface area contributed by atoms with Crippen molar-refractivity contribution in [2.75, 3.05) is 49.1 Å². The number of hydrogen-bond acceptors (Lipinski definition) is 4. The van der Waals surface area contributed by atoms with E-state index in [9.17, 15) is 0 Å². The van der Waals surface area contributed by atoms with Crippen molar-refractivity contribution in [3.05, 3.63) is 53.9 Å². The van der Waals surface area contributed by atoms with Crippen molar-refractivity contribution in [2.45, 2.75) is 57.8 Å². The third-order valence-electron chi connectivity index (χ3n) is 9.37. The van der Waals surface area contributed by atoms with Gasteiger partial charge >= 0.3 is 0 Å². The number of piperidine rings is 3. The van der Waals surface area contributed by atoms with Crippen LogP contribution < -0.4 is 19.7 Å². The zero-order valence-corrected chi connectivity index (χ0v) is 22.9. The molecule has 0 spiro atoms. The van der Waals surface area contributed by atoms with Crippen LogP contribution >= 0.6 is 0 Å². The Balaban J connectivity index is 1.41. The molecule has 5 aromatic rings. The molecule has 39 heavy (non-hydrogen) atoms. The second kappa shape index (κ2) is 9.62. The van der Waals surface area contributed by atoms with Crippen LogP contribution in [0.15, 0.2) is 57.4 Å². The van der Waals surface area contributed by atoms with Gasteiger partial charge in [-0.05, 0) is 63.1 Å². The molecule has 5 nitrogen and oxygen atoms in total. The molecule has 0 bridgehead atoms. The Morgan fingerprint density at radius 3 is 1.69 bits per heavy atom. The predicted molar refractivity (Wildman–Crippen MR) is 162 cm³/mol. The van der Waals surface area contributed by atoms with Crippen LogP contribution in [-0.4, -0.2) is 39.3 Å². The number of nitrogens with zero attached hydrogens (tertiary/aromatic N) is 3. The third kappa shape index (κ3) is 4.09. The molecule has 3 aliphatic rings. The first kappa shape index (κ1) is 23.4. The van der Waals surface area contributed by atoms with Gasteiger partial charge in [0.1, 0.15) is 35.4 Å². The first-order chi connectivity index (χ1) is 19.3. The van der Waals surface area contributed by atoms with E-state index in [1.807, 2.05) is 0 Å². The van der Waals surface area contributed by atoms with Gasteiger partial charge in [-0.1, -0.05) is 0 Å². The van der Waals surface area contributed by atoms with Gasteiger partial charge in [0.15, 0.2) is 0 Å². The van der Waals surface area contributed by atoms with Crippen molar-refractivity contribution in [3.63, 3.8) is 0 Å². The Kier molecular flexibility index (Phi) is 5.78. The monoisotopic (exact) mass is 520 g/mol. The molecule has 3 aromatic carbocycles. The topological polar surface area (TPSA) is 35.8 Å². The molecule has 0 saturated carbocycles. The van der Waals surface area contributed by atoms with Crippen LogP contribution in [0.3, 0.4) is 0 Å². The van der Waals surface area contributed by atoms with Gasteiger partial charge in [-0.3, -0.25) is 0 Å². The van der Waals surface area contributed by atoms with E-state index in [0.717, 1.165) is 67.0 Å². The molecule has 200 valence electrons. The number of hydrogen-bond donors (Lipinski definition) is 0. The van der Waals surface area contributed by atoms with Gasteiger partial charge < -0.3 is 18.6 Å². The summed E-state index contributed by atoms with van der Waals surface area (Å²) in [5, 5.41) is 5.98. The van der Waals surface area contributed by atoms with Crippen LogP contribution in [0.4, 0.5) is 11.4 Å². The Morgan fingerprint density at radius 1 is 0.487 bits per heavy atom. The lowest BCUT2D eigenvalue weighted by Gasteiger charge is -2.29. The third-order valence-corrected chi connectivity index (χ3v) is 9.37. The Hall–Kier alpha value is -3.47. The fourth-order valence-electron chi connectivity index (χ4n) is 7.27. The number of fused-ring (bicyclic) bond motifs is 4. The molecule has 0 radical (unpaired) electrons. The van der Waals surface area contributed by atoms with E-state index in [1.54, 1.807) is 0 Å². The van der Waals surface area contributed by atoms with E-state index in [2.05, 4.69) is 62.9 Å². The molecule has 3 fully saturated rings. The predicted octanol–water partition coefficient (Wildman–Crippen LogP) is 7.42. The van der Waals surface area contributed by atoms with Gasteiger partial charge in [0.25, 0.3) is 0 Å². The Labute approximate surface area is 229 Å². The maximum Gasteiger partial charge on any atom is 0.203 e. The largest absolute Gasteiger partial charge is 0.456 e. The zero-order valence-electron chi connectivity index (χ0n) is 22.9. The molecular formula is C34H38N3O2+.